The molecule has 3 N–H and O–H groups in total. The summed E-state index contributed by atoms with van der Waals surface area (Å²) in [7, 11) is 0. The Morgan fingerprint density at radius 3 is 2.60 bits per heavy atom. The van der Waals surface area contributed by atoms with Crippen LogP contribution in [0.1, 0.15) is 46.5 Å². The minimum absolute atomic E-state index is 0.504. The molecule has 2 unspecified atom stereocenters. The Kier molecular flexibility index (Phi) is 5.10. The maximum absolute atomic E-state index is 5.89. The summed E-state index contributed by atoms with van der Waals surface area (Å²) in [5.41, 5.74) is 6.50. The van der Waals surface area contributed by atoms with Crippen molar-refractivity contribution in [2.24, 2.45) is 11.8 Å². The van der Waals surface area contributed by atoms with E-state index in [-0.39, 0.29) is 0 Å². The summed E-state index contributed by atoms with van der Waals surface area (Å²) in [5.74, 6) is 2.98. The summed E-state index contributed by atoms with van der Waals surface area (Å²) in [6, 6.07) is 4.32. The highest BCUT2D eigenvalue weighted by Gasteiger charge is 2.24. The molecule has 1 saturated carbocycles. The van der Waals surface area contributed by atoms with Gasteiger partial charge in [0.1, 0.15) is 5.82 Å². The van der Waals surface area contributed by atoms with Crippen LogP contribution in [0, 0.1) is 11.8 Å². The molecule has 1 aliphatic rings. The van der Waals surface area contributed by atoms with E-state index in [2.05, 4.69) is 31.1 Å². The molecule has 1 heterocycles. The number of rotatable bonds is 5. The maximum atomic E-state index is 5.89. The molecule has 1 fully saturated rings. The predicted octanol–water partition coefficient (Wildman–Crippen LogP) is 3.69. The highest BCUT2D eigenvalue weighted by molar-refractivity contribution is 5.53. The number of nitrogen functional groups attached to an aromatic ring is 1. The van der Waals surface area contributed by atoms with Gasteiger partial charge in [0.2, 0.25) is 5.88 Å². The average Bonchev–Trinajstić information content (AvgIpc) is 2.38. The van der Waals surface area contributed by atoms with Crippen LogP contribution in [-0.4, -0.2) is 17.6 Å². The van der Waals surface area contributed by atoms with Crippen molar-refractivity contribution < 1.29 is 4.74 Å². The van der Waals surface area contributed by atoms with E-state index >= 15 is 0 Å². The third kappa shape index (κ3) is 4.02. The summed E-state index contributed by atoms with van der Waals surface area (Å²) in [6.07, 6.45) is 4.71. The van der Waals surface area contributed by atoms with Crippen LogP contribution >= 0.6 is 0 Å². The molecule has 4 nitrogen and oxygen atoms in total. The van der Waals surface area contributed by atoms with Crippen molar-refractivity contribution in [1.82, 2.24) is 4.98 Å². The summed E-state index contributed by atoms with van der Waals surface area (Å²) in [4.78, 5) is 4.50. The molecule has 2 rings (SSSR count). The molecule has 1 aromatic rings. The van der Waals surface area contributed by atoms with Crippen LogP contribution in [-0.2, 0) is 0 Å². The van der Waals surface area contributed by atoms with Crippen LogP contribution in [0.3, 0.4) is 0 Å². The van der Waals surface area contributed by atoms with Crippen LogP contribution in [0.15, 0.2) is 12.1 Å². The molecule has 112 valence electrons. The van der Waals surface area contributed by atoms with E-state index in [9.17, 15) is 0 Å². The smallest absolute Gasteiger partial charge is 0.239 e. The van der Waals surface area contributed by atoms with Gasteiger partial charge in [-0.05, 0) is 49.7 Å². The highest BCUT2D eigenvalue weighted by atomic mass is 16.5. The molecule has 0 bridgehead atoms. The minimum atomic E-state index is 0.504. The van der Waals surface area contributed by atoms with Crippen LogP contribution in [0.2, 0.25) is 0 Å². The van der Waals surface area contributed by atoms with Crippen LogP contribution < -0.4 is 15.8 Å². The molecule has 0 amide bonds. The van der Waals surface area contributed by atoms with E-state index in [1.54, 1.807) is 0 Å². The Balaban J connectivity index is 2.01. The summed E-state index contributed by atoms with van der Waals surface area (Å²) < 4.78 is 5.58. The number of aromatic nitrogens is 1. The Morgan fingerprint density at radius 1 is 1.25 bits per heavy atom. The number of nitrogens with one attached hydrogen (secondary N) is 1. The fraction of sp³-hybridized carbons (Fsp3) is 0.688. The first-order chi connectivity index (χ1) is 9.58. The zero-order chi connectivity index (χ0) is 14.5. The van der Waals surface area contributed by atoms with Gasteiger partial charge < -0.3 is 15.8 Å². The summed E-state index contributed by atoms with van der Waals surface area (Å²) in [6.45, 7) is 7.38. The highest BCUT2D eigenvalue weighted by Crippen LogP contribution is 2.31. The van der Waals surface area contributed by atoms with Gasteiger partial charge in [0.05, 0.1) is 12.3 Å². The van der Waals surface area contributed by atoms with E-state index < -0.39 is 0 Å². The summed E-state index contributed by atoms with van der Waals surface area (Å²) in [5, 5.41) is 3.54. The first-order valence-corrected chi connectivity index (χ1v) is 7.74. The lowest BCUT2D eigenvalue weighted by atomic mass is 9.80. The third-order valence-corrected chi connectivity index (χ3v) is 3.86. The lowest BCUT2D eigenvalue weighted by Gasteiger charge is -2.32. The quantitative estimate of drug-likeness (QED) is 0.861. The number of ether oxygens (including phenoxy) is 1. The minimum Gasteiger partial charge on any atom is -0.476 e. The summed E-state index contributed by atoms with van der Waals surface area (Å²) >= 11 is 0. The zero-order valence-corrected chi connectivity index (χ0v) is 12.9. The number of nitrogens with zero attached hydrogens (tertiary/aromatic N) is 1. The van der Waals surface area contributed by atoms with Crippen molar-refractivity contribution in [3.63, 3.8) is 0 Å². The number of anilines is 2. The van der Waals surface area contributed by atoms with E-state index in [0.29, 0.717) is 24.2 Å². The molecule has 0 aromatic carbocycles. The Bertz CT molecular complexity index is 426. The molecule has 0 saturated heterocycles. The fourth-order valence-corrected chi connectivity index (χ4v) is 3.12. The number of hydrogen-bond acceptors (Lipinski definition) is 4. The zero-order valence-electron chi connectivity index (χ0n) is 12.9. The molecule has 1 aliphatic carbocycles. The van der Waals surface area contributed by atoms with Crippen molar-refractivity contribution in [1.29, 1.82) is 0 Å². The Hall–Kier alpha value is -1.45. The molecule has 1 aromatic heterocycles. The van der Waals surface area contributed by atoms with Crippen molar-refractivity contribution in [2.45, 2.75) is 52.5 Å². The third-order valence-electron chi connectivity index (χ3n) is 3.86. The second-order valence-corrected chi connectivity index (χ2v) is 6.20. The van der Waals surface area contributed by atoms with Crippen LogP contribution in [0.5, 0.6) is 5.88 Å². The number of nitrogens with two attached hydrogens (primary N) is 1. The standard InChI is InChI=1S/C16H27N3O/c1-4-7-20-16-14(17)5-6-15(19-16)18-13-9-11(2)8-12(3)10-13/h5-6,11-13H,4,7-10,17H2,1-3H3,(H,18,19). The van der Waals surface area contributed by atoms with Gasteiger partial charge in [-0.25, -0.2) is 0 Å². The Labute approximate surface area is 122 Å². The van der Waals surface area contributed by atoms with Gasteiger partial charge in [-0.15, -0.1) is 0 Å². The van der Waals surface area contributed by atoms with E-state index in [1.807, 2.05) is 12.1 Å². The first-order valence-electron chi connectivity index (χ1n) is 7.74. The normalized spacial score (nSPS) is 26.2. The Morgan fingerprint density at radius 2 is 1.95 bits per heavy atom. The molecule has 0 radical (unpaired) electrons. The molecule has 2 atom stereocenters. The van der Waals surface area contributed by atoms with Gasteiger partial charge in [-0.3, -0.25) is 0 Å². The van der Waals surface area contributed by atoms with Gasteiger partial charge in [-0.1, -0.05) is 20.8 Å². The van der Waals surface area contributed by atoms with Gasteiger partial charge >= 0.3 is 0 Å². The van der Waals surface area contributed by atoms with Crippen molar-refractivity contribution in [3.05, 3.63) is 12.1 Å². The predicted molar refractivity (Wildman–Crippen MR) is 84.0 cm³/mol. The van der Waals surface area contributed by atoms with Crippen molar-refractivity contribution in [2.75, 3.05) is 17.7 Å². The van der Waals surface area contributed by atoms with Crippen molar-refractivity contribution in [3.8, 4) is 5.88 Å². The second-order valence-electron chi connectivity index (χ2n) is 6.20. The maximum Gasteiger partial charge on any atom is 0.239 e. The molecule has 0 spiro atoms. The lowest BCUT2D eigenvalue weighted by molar-refractivity contribution is 0.280. The monoisotopic (exact) mass is 277 g/mol. The fourth-order valence-electron chi connectivity index (χ4n) is 3.12. The van der Waals surface area contributed by atoms with E-state index in [1.165, 1.54) is 19.3 Å². The van der Waals surface area contributed by atoms with Gasteiger partial charge in [0, 0.05) is 6.04 Å². The molecular weight excluding hydrogens is 250 g/mol. The largest absolute Gasteiger partial charge is 0.476 e. The van der Waals surface area contributed by atoms with Crippen molar-refractivity contribution >= 4 is 11.5 Å². The topological polar surface area (TPSA) is 60.2 Å². The lowest BCUT2D eigenvalue weighted by Crippen LogP contribution is -2.30. The number of hydrogen-bond donors (Lipinski definition) is 2. The van der Waals surface area contributed by atoms with E-state index in [0.717, 1.165) is 24.1 Å². The molecule has 0 aliphatic heterocycles. The van der Waals surface area contributed by atoms with Crippen LogP contribution in [0.25, 0.3) is 0 Å². The molecule has 20 heavy (non-hydrogen) atoms. The molecular formula is C16H27N3O. The van der Waals surface area contributed by atoms with Gasteiger partial charge in [-0.2, -0.15) is 4.98 Å². The van der Waals surface area contributed by atoms with Gasteiger partial charge in [0.25, 0.3) is 0 Å². The average molecular weight is 277 g/mol. The van der Waals surface area contributed by atoms with Crippen LogP contribution in [0.4, 0.5) is 11.5 Å². The van der Waals surface area contributed by atoms with Gasteiger partial charge in [0.15, 0.2) is 0 Å². The SMILES string of the molecule is CCCOc1nc(NC2CC(C)CC(C)C2)ccc1N. The second kappa shape index (κ2) is 6.82. The van der Waals surface area contributed by atoms with E-state index in [4.69, 9.17) is 10.5 Å². The number of pyridine rings is 1. The first kappa shape index (κ1) is 14.9. The molecule has 4 heteroatoms.